The lowest BCUT2D eigenvalue weighted by molar-refractivity contribution is -0.316. The van der Waals surface area contributed by atoms with E-state index in [1.807, 2.05) is 0 Å². The Morgan fingerprint density at radius 1 is 0.400 bits per heavy atom. The van der Waals surface area contributed by atoms with Gasteiger partial charge in [0.05, 0.1) is 0 Å². The maximum atomic E-state index is 13.6. The molecule has 0 fully saturated rings. The fourth-order valence-corrected chi connectivity index (χ4v) is 7.91. The van der Waals surface area contributed by atoms with Gasteiger partial charge in [0.15, 0.2) is 46.0 Å². The number of aliphatic hydroxyl groups is 2. The smallest absolute Gasteiger partial charge is 0.357 e. The van der Waals surface area contributed by atoms with E-state index in [-0.39, 0.29) is 45.6 Å². The second-order valence-electron chi connectivity index (χ2n) is 15.6. The van der Waals surface area contributed by atoms with Crippen LogP contribution in [0, 0.1) is 0 Å². The van der Waals surface area contributed by atoms with E-state index in [0.717, 1.165) is 60.7 Å². The first-order valence-corrected chi connectivity index (χ1v) is 20.0. The van der Waals surface area contributed by atoms with Crippen LogP contribution >= 0.6 is 0 Å². The third kappa shape index (κ3) is 7.06. The molecule has 4 unspecified atom stereocenters. The normalized spacial score (nSPS) is 22.3. The van der Waals surface area contributed by atoms with Gasteiger partial charge in [0.25, 0.3) is 11.6 Å². The van der Waals surface area contributed by atoms with Crippen LogP contribution in [0.1, 0.15) is 43.0 Å². The zero-order valence-corrected chi connectivity index (χ0v) is 35.0. The molecule has 4 atom stereocenters. The number of hydrogen-bond acceptors (Lipinski definition) is 20. The molecule has 4 aliphatic heterocycles. The molecule has 70 heavy (non-hydrogen) atoms. The molecule has 22 heteroatoms. The summed E-state index contributed by atoms with van der Waals surface area (Å²) in [5.41, 5.74) is -0.617. The number of phenols is 8. The van der Waals surface area contributed by atoms with Crippen LogP contribution in [0.4, 0.5) is 0 Å². The third-order valence-electron chi connectivity index (χ3n) is 11.1. The van der Waals surface area contributed by atoms with Crippen molar-refractivity contribution in [2.75, 3.05) is 0 Å². The molecule has 0 radical (unpaired) electrons. The summed E-state index contributed by atoms with van der Waals surface area (Å²) in [7, 11) is 0. The molecule has 0 aliphatic carbocycles. The highest BCUT2D eigenvalue weighted by atomic mass is 16.8. The van der Waals surface area contributed by atoms with Gasteiger partial charge >= 0.3 is 35.1 Å². The number of carboxylic acid groups (broad SMARTS) is 2. The molecule has 6 aromatic rings. The summed E-state index contributed by atoms with van der Waals surface area (Å²) in [6.07, 6.45) is 4.28. The van der Waals surface area contributed by atoms with Gasteiger partial charge in [-0.05, 0) is 83.9 Å². The number of phenolic OH excluding ortho intramolecular Hbond substituents is 8. The van der Waals surface area contributed by atoms with Gasteiger partial charge in [-0.3, -0.25) is 9.59 Å². The number of rotatable bonds is 6. The molecule has 4 aliphatic rings. The molecule has 0 saturated heterocycles. The number of aliphatic carboxylic acids is 2. The minimum Gasteiger partial charge on any atom is -0.508 e. The first kappa shape index (κ1) is 45.4. The van der Waals surface area contributed by atoms with Crippen molar-refractivity contribution in [1.82, 2.24) is 0 Å². The lowest BCUT2D eigenvalue weighted by Gasteiger charge is -2.50. The number of ether oxygens (including phenoxy) is 6. The Labute approximate surface area is 390 Å². The minimum atomic E-state index is -2.99. The summed E-state index contributed by atoms with van der Waals surface area (Å²) in [4.78, 5) is 48.8. The zero-order valence-electron chi connectivity index (χ0n) is 35.0. The summed E-state index contributed by atoms with van der Waals surface area (Å²) in [5, 5.41) is 121. The highest BCUT2D eigenvalue weighted by Gasteiger charge is 2.72. The summed E-state index contributed by atoms with van der Waals surface area (Å²) in [5.74, 6) is -21.4. The van der Waals surface area contributed by atoms with Crippen LogP contribution in [0.2, 0.25) is 0 Å². The minimum absolute atomic E-state index is 0.0321. The van der Waals surface area contributed by atoms with Crippen molar-refractivity contribution in [3.05, 3.63) is 143 Å². The largest absolute Gasteiger partial charge is 0.508 e. The first-order valence-electron chi connectivity index (χ1n) is 20.0. The van der Waals surface area contributed by atoms with Crippen LogP contribution in [0.5, 0.6) is 80.5 Å². The molecule has 0 aromatic heterocycles. The maximum Gasteiger partial charge on any atom is 0.357 e. The molecule has 0 bridgehead atoms. The van der Waals surface area contributed by atoms with E-state index in [1.54, 1.807) is 0 Å². The van der Waals surface area contributed by atoms with E-state index >= 15 is 0 Å². The highest BCUT2D eigenvalue weighted by molar-refractivity contribution is 6.09. The number of ketones is 2. The first-order chi connectivity index (χ1) is 33.1. The van der Waals surface area contributed by atoms with Gasteiger partial charge in [0.2, 0.25) is 0 Å². The molecular weight excluding hydrogens is 929 g/mol. The monoisotopic (exact) mass is 960 g/mol. The molecule has 356 valence electrons. The number of hydrogen-bond donors (Lipinski definition) is 12. The number of benzene rings is 6. The number of Topliss-reactive ketones (excluding diaryl/α,β-unsaturated/α-hetero) is 2. The number of carbonyl (C=O) groups is 4. The average molecular weight is 961 g/mol. The van der Waals surface area contributed by atoms with E-state index in [0.29, 0.717) is 11.1 Å². The SMILES string of the molecule is O=C(O)/C=C/c1ccc2c(c1)OC1(O)C(=O)c3c(O)cc(O)cc3OC1(c1ccc(O)c(O)c1)O2.O=C(O)/C=C/c1ccc2c(c1)OC1(c3ccc(O)c(O)c3)Oc3cc(O)cc(O)c3C(=O)C1(O)O2. The van der Waals surface area contributed by atoms with Crippen molar-refractivity contribution in [3.8, 4) is 80.5 Å². The molecule has 22 nitrogen and oxygen atoms in total. The second kappa shape index (κ2) is 15.9. The van der Waals surface area contributed by atoms with Crippen LogP contribution in [0.25, 0.3) is 12.2 Å². The van der Waals surface area contributed by atoms with E-state index in [4.69, 9.17) is 38.6 Å². The summed E-state index contributed by atoms with van der Waals surface area (Å²) < 4.78 is 35.2. The Bertz CT molecular complexity index is 3320. The molecule has 0 amide bonds. The Kier molecular flexibility index (Phi) is 10.3. The van der Waals surface area contributed by atoms with Crippen molar-refractivity contribution in [3.63, 3.8) is 0 Å². The van der Waals surface area contributed by atoms with Gasteiger partial charge in [-0.2, -0.15) is 0 Å². The standard InChI is InChI=1S/2C24H16O11/c25-13-9-16(28)21-19(10-13)35-24(12-3-4-14(26)15(27)8-12)23(32,22(21)31)33-18-7-11(2-6-20(29)30)1-5-17(18)34-24;25-13-9-16(28)21-19(10-13)35-24(12-3-4-14(26)15(27)8-12)23(32,22(21)31)33-17-5-1-11(2-6-20(29)30)7-18(17)34-24/h2*1-10,25-28,32H,(H,29,30)/b2*6-2+. The second-order valence-corrected chi connectivity index (χ2v) is 15.6. The fraction of sp³-hybridized carbons (Fsp3) is 0.0833. The zero-order chi connectivity index (χ0) is 50.2. The van der Waals surface area contributed by atoms with Gasteiger partial charge in [-0.1, -0.05) is 12.1 Å². The average Bonchev–Trinajstić information content (AvgIpc) is 3.28. The maximum absolute atomic E-state index is 13.6. The molecule has 6 aromatic carbocycles. The predicted molar refractivity (Wildman–Crippen MR) is 231 cm³/mol. The molecule has 0 spiro atoms. The summed E-state index contributed by atoms with van der Waals surface area (Å²) in [6.45, 7) is 0. The van der Waals surface area contributed by atoms with Crippen molar-refractivity contribution in [2.24, 2.45) is 0 Å². The van der Waals surface area contributed by atoms with Gasteiger partial charge in [-0.25, -0.2) is 9.59 Å². The number of fused-ring (bicyclic) bond motifs is 6. The van der Waals surface area contributed by atoms with Crippen molar-refractivity contribution in [1.29, 1.82) is 0 Å². The Morgan fingerprint density at radius 2 is 0.771 bits per heavy atom. The molecule has 10 rings (SSSR count). The Hall–Kier alpha value is -9.80. The summed E-state index contributed by atoms with van der Waals surface area (Å²) in [6, 6.07) is 18.6. The van der Waals surface area contributed by atoms with Crippen LogP contribution in [-0.2, 0) is 21.2 Å². The molecule has 12 N–H and O–H groups in total. The van der Waals surface area contributed by atoms with Gasteiger partial charge in [0.1, 0.15) is 45.6 Å². The summed E-state index contributed by atoms with van der Waals surface area (Å²) >= 11 is 0. The highest BCUT2D eigenvalue weighted by Crippen LogP contribution is 2.57. The Morgan fingerprint density at radius 3 is 1.19 bits per heavy atom. The van der Waals surface area contributed by atoms with E-state index in [1.165, 1.54) is 60.7 Å². The van der Waals surface area contributed by atoms with Gasteiger partial charge in [0, 0.05) is 47.5 Å². The van der Waals surface area contributed by atoms with Crippen molar-refractivity contribution >= 4 is 35.7 Å². The third-order valence-corrected chi connectivity index (χ3v) is 11.1. The lowest BCUT2D eigenvalue weighted by atomic mass is 9.85. The van der Waals surface area contributed by atoms with Crippen molar-refractivity contribution in [2.45, 2.75) is 23.1 Å². The predicted octanol–water partition coefficient (Wildman–Crippen LogP) is 4.39. The molecule has 4 heterocycles. The van der Waals surface area contributed by atoms with E-state index < -0.39 is 104 Å². The molecular formula is C48H32O22. The number of carbonyl (C=O) groups excluding carboxylic acids is 2. The van der Waals surface area contributed by atoms with E-state index in [2.05, 4.69) is 0 Å². The lowest BCUT2D eigenvalue weighted by Crippen LogP contribution is -2.70. The van der Waals surface area contributed by atoms with Gasteiger partial charge in [-0.15, -0.1) is 0 Å². The number of aromatic hydroxyl groups is 8. The fourth-order valence-electron chi connectivity index (χ4n) is 7.91. The van der Waals surface area contributed by atoms with E-state index in [9.17, 15) is 70.2 Å². The van der Waals surface area contributed by atoms with Gasteiger partial charge < -0.3 is 89.7 Å². The van der Waals surface area contributed by atoms with Crippen LogP contribution in [0.15, 0.2) is 109 Å². The van der Waals surface area contributed by atoms with Crippen LogP contribution in [-0.4, -0.2) is 96.4 Å². The van der Waals surface area contributed by atoms with Crippen LogP contribution in [0.3, 0.4) is 0 Å². The quantitative estimate of drug-likeness (QED) is 0.0813. The number of carboxylic acids is 2. The topological polar surface area (TPSA) is 366 Å². The Balaban J connectivity index is 0.000000174. The molecule has 0 saturated carbocycles. The van der Waals surface area contributed by atoms with Crippen LogP contribution < -0.4 is 28.4 Å². The van der Waals surface area contributed by atoms with Crippen molar-refractivity contribution < 1.29 is 109 Å².